The smallest absolute Gasteiger partial charge is 0.353 e. The van der Waals surface area contributed by atoms with E-state index in [0.29, 0.717) is 43.5 Å². The van der Waals surface area contributed by atoms with Gasteiger partial charge < -0.3 is 9.42 Å². The number of nitriles is 1. The largest absolute Gasteiger partial charge is 0.416 e. The monoisotopic (exact) mass is 428 g/mol. The highest BCUT2D eigenvalue weighted by Gasteiger charge is 2.31. The predicted molar refractivity (Wildman–Crippen MR) is 106 cm³/mol. The topological polar surface area (TPSA) is 82.1 Å². The zero-order valence-electron chi connectivity index (χ0n) is 16.7. The van der Waals surface area contributed by atoms with E-state index >= 15 is 0 Å². The summed E-state index contributed by atoms with van der Waals surface area (Å²) in [6.45, 7) is 4.63. The molecule has 3 heterocycles. The first-order valence-electron chi connectivity index (χ1n) is 9.72. The number of halogens is 3. The van der Waals surface area contributed by atoms with Crippen LogP contribution >= 0.6 is 0 Å². The number of benzene rings is 1. The summed E-state index contributed by atoms with van der Waals surface area (Å²) in [6.07, 6.45) is -2.77. The van der Waals surface area contributed by atoms with Crippen molar-refractivity contribution in [2.75, 3.05) is 31.1 Å². The lowest BCUT2D eigenvalue weighted by Crippen LogP contribution is -2.47. The van der Waals surface area contributed by atoms with Gasteiger partial charge in [0.15, 0.2) is 0 Å². The van der Waals surface area contributed by atoms with Gasteiger partial charge in [-0.05, 0) is 31.2 Å². The number of piperazine rings is 1. The summed E-state index contributed by atoms with van der Waals surface area (Å²) in [7, 11) is 0. The lowest BCUT2D eigenvalue weighted by Gasteiger charge is -2.37. The van der Waals surface area contributed by atoms with Gasteiger partial charge in [-0.1, -0.05) is 17.3 Å². The van der Waals surface area contributed by atoms with E-state index in [0.717, 1.165) is 12.1 Å². The van der Waals surface area contributed by atoms with Crippen molar-refractivity contribution in [1.29, 1.82) is 5.26 Å². The van der Waals surface area contributed by atoms with E-state index in [1.165, 1.54) is 12.1 Å². The normalized spacial score (nSPS) is 16.2. The van der Waals surface area contributed by atoms with Gasteiger partial charge in [-0.15, -0.1) is 0 Å². The highest BCUT2D eigenvalue weighted by atomic mass is 19.4. The fraction of sp³-hybridized carbons (Fsp3) is 0.333. The molecule has 1 aliphatic rings. The second kappa shape index (κ2) is 8.35. The summed E-state index contributed by atoms with van der Waals surface area (Å²) >= 11 is 0. The molecule has 31 heavy (non-hydrogen) atoms. The van der Waals surface area contributed by atoms with Crippen LogP contribution in [0, 0.1) is 11.3 Å². The Morgan fingerprint density at radius 1 is 1.13 bits per heavy atom. The summed E-state index contributed by atoms with van der Waals surface area (Å²) in [5.74, 6) is 1.14. The fourth-order valence-electron chi connectivity index (χ4n) is 3.57. The molecule has 0 radical (unpaired) electrons. The van der Waals surface area contributed by atoms with Gasteiger partial charge in [-0.3, -0.25) is 4.90 Å². The maximum absolute atomic E-state index is 13.0. The number of hydrogen-bond donors (Lipinski definition) is 0. The van der Waals surface area contributed by atoms with Crippen LogP contribution in [0.5, 0.6) is 0 Å². The summed E-state index contributed by atoms with van der Waals surface area (Å²) < 4.78 is 44.2. The molecule has 1 aliphatic heterocycles. The lowest BCUT2D eigenvalue weighted by atomic mass is 10.1. The third-order valence-corrected chi connectivity index (χ3v) is 5.32. The molecule has 1 atom stereocenters. The van der Waals surface area contributed by atoms with E-state index in [-0.39, 0.29) is 17.4 Å². The molecule has 0 aliphatic carbocycles. The molecule has 2 aromatic heterocycles. The average Bonchev–Trinajstić information content (AvgIpc) is 3.28. The Morgan fingerprint density at radius 2 is 1.90 bits per heavy atom. The maximum Gasteiger partial charge on any atom is 0.416 e. The van der Waals surface area contributed by atoms with Crippen LogP contribution in [-0.4, -0.2) is 46.2 Å². The Hall–Kier alpha value is -3.45. The van der Waals surface area contributed by atoms with Crippen LogP contribution in [0.25, 0.3) is 11.4 Å². The molecule has 0 amide bonds. The minimum absolute atomic E-state index is 0.124. The first kappa shape index (κ1) is 20.8. The molecule has 1 aromatic carbocycles. The number of aromatic nitrogens is 3. The van der Waals surface area contributed by atoms with E-state index in [9.17, 15) is 18.4 Å². The van der Waals surface area contributed by atoms with Crippen molar-refractivity contribution in [2.24, 2.45) is 0 Å². The van der Waals surface area contributed by atoms with Crippen LogP contribution in [0.15, 0.2) is 47.1 Å². The van der Waals surface area contributed by atoms with Gasteiger partial charge >= 0.3 is 6.18 Å². The van der Waals surface area contributed by atoms with E-state index in [1.54, 1.807) is 18.3 Å². The first-order valence-corrected chi connectivity index (χ1v) is 9.72. The summed E-state index contributed by atoms with van der Waals surface area (Å²) in [4.78, 5) is 12.9. The van der Waals surface area contributed by atoms with Crippen molar-refractivity contribution < 1.29 is 17.7 Å². The predicted octanol–water partition coefficient (Wildman–Crippen LogP) is 3.91. The van der Waals surface area contributed by atoms with E-state index in [2.05, 4.69) is 31.0 Å². The molecule has 3 aromatic rings. The van der Waals surface area contributed by atoms with Crippen LogP contribution in [0.3, 0.4) is 0 Å². The zero-order chi connectivity index (χ0) is 22.0. The fourth-order valence-corrected chi connectivity index (χ4v) is 3.57. The molecule has 1 fully saturated rings. The number of alkyl halides is 3. The van der Waals surface area contributed by atoms with E-state index in [4.69, 9.17) is 4.52 Å². The molecule has 0 bridgehead atoms. The van der Waals surface area contributed by atoms with Gasteiger partial charge in [-0.25, -0.2) is 4.98 Å². The minimum atomic E-state index is -4.44. The minimum Gasteiger partial charge on any atom is -0.353 e. The average molecular weight is 428 g/mol. The van der Waals surface area contributed by atoms with Gasteiger partial charge in [-0.2, -0.15) is 23.4 Å². The maximum atomic E-state index is 13.0. The molecule has 0 unspecified atom stereocenters. The first-order chi connectivity index (χ1) is 14.9. The van der Waals surface area contributed by atoms with Crippen LogP contribution in [0.2, 0.25) is 0 Å². The number of rotatable bonds is 4. The second-order valence-corrected chi connectivity index (χ2v) is 7.22. The third-order valence-electron chi connectivity index (χ3n) is 5.32. The Labute approximate surface area is 176 Å². The summed E-state index contributed by atoms with van der Waals surface area (Å²) in [5, 5.41) is 13.2. The van der Waals surface area contributed by atoms with Crippen LogP contribution < -0.4 is 4.90 Å². The molecular weight excluding hydrogens is 409 g/mol. The van der Waals surface area contributed by atoms with Crippen molar-refractivity contribution in [1.82, 2.24) is 20.0 Å². The molecular formula is C21H19F3N6O. The van der Waals surface area contributed by atoms with Gasteiger partial charge in [0.2, 0.25) is 11.7 Å². The van der Waals surface area contributed by atoms with Crippen molar-refractivity contribution in [3.05, 3.63) is 59.6 Å². The van der Waals surface area contributed by atoms with E-state index < -0.39 is 11.7 Å². The van der Waals surface area contributed by atoms with Gasteiger partial charge in [0.05, 0.1) is 17.2 Å². The lowest BCUT2D eigenvalue weighted by molar-refractivity contribution is -0.137. The Morgan fingerprint density at radius 3 is 2.61 bits per heavy atom. The molecule has 7 nitrogen and oxygen atoms in total. The highest BCUT2D eigenvalue weighted by molar-refractivity contribution is 5.56. The number of hydrogen-bond acceptors (Lipinski definition) is 7. The summed E-state index contributed by atoms with van der Waals surface area (Å²) in [5.41, 5.74) is 0.0273. The quantitative estimate of drug-likeness (QED) is 0.623. The standard InChI is InChI=1S/C21H19F3N6O/c1-14(29-8-10-30(11-9-29)19-16(13-25)5-3-7-26-19)20-27-18(28-31-20)15-4-2-6-17(12-15)21(22,23)24/h2-7,12,14H,8-11H2,1H3/t14-/m1/s1. The number of pyridine rings is 1. The third kappa shape index (κ3) is 4.36. The molecule has 0 spiro atoms. The van der Waals surface area contributed by atoms with Gasteiger partial charge in [0.25, 0.3) is 0 Å². The molecule has 10 heteroatoms. The Kier molecular flexibility index (Phi) is 5.61. The Balaban J connectivity index is 1.44. The van der Waals surface area contributed by atoms with Crippen LogP contribution in [0.1, 0.15) is 30.0 Å². The Bertz CT molecular complexity index is 1100. The molecule has 4 rings (SSSR count). The summed E-state index contributed by atoms with van der Waals surface area (Å²) in [6, 6.07) is 10.3. The zero-order valence-corrected chi connectivity index (χ0v) is 16.7. The number of anilines is 1. The van der Waals surface area contributed by atoms with Crippen molar-refractivity contribution in [3.63, 3.8) is 0 Å². The molecule has 0 N–H and O–H groups in total. The van der Waals surface area contributed by atoms with Crippen molar-refractivity contribution in [3.8, 4) is 17.5 Å². The van der Waals surface area contributed by atoms with Gasteiger partial charge in [0, 0.05) is 37.9 Å². The van der Waals surface area contributed by atoms with Crippen molar-refractivity contribution in [2.45, 2.75) is 19.1 Å². The number of nitrogens with zero attached hydrogens (tertiary/aromatic N) is 6. The second-order valence-electron chi connectivity index (χ2n) is 7.22. The SMILES string of the molecule is C[C@H](c1nc(-c2cccc(C(F)(F)F)c2)no1)N1CCN(c2ncccc2C#N)CC1. The molecule has 160 valence electrons. The van der Waals surface area contributed by atoms with Gasteiger partial charge in [0.1, 0.15) is 11.9 Å². The van der Waals surface area contributed by atoms with Crippen LogP contribution in [-0.2, 0) is 6.18 Å². The van der Waals surface area contributed by atoms with E-state index in [1.807, 2.05) is 6.92 Å². The molecule has 0 saturated carbocycles. The van der Waals surface area contributed by atoms with Crippen molar-refractivity contribution >= 4 is 5.82 Å². The molecule has 1 saturated heterocycles. The highest BCUT2D eigenvalue weighted by Crippen LogP contribution is 2.32. The van der Waals surface area contributed by atoms with Crippen LogP contribution in [0.4, 0.5) is 19.0 Å².